The van der Waals surface area contributed by atoms with Gasteiger partial charge in [-0.15, -0.1) is 0 Å². The van der Waals surface area contributed by atoms with E-state index >= 15 is 0 Å². The lowest BCUT2D eigenvalue weighted by Crippen LogP contribution is -2.52. The van der Waals surface area contributed by atoms with E-state index in [0.29, 0.717) is 24.6 Å². The highest BCUT2D eigenvalue weighted by Crippen LogP contribution is 2.20. The summed E-state index contributed by atoms with van der Waals surface area (Å²) in [6, 6.07) is 26.6. The van der Waals surface area contributed by atoms with Gasteiger partial charge in [0.2, 0.25) is 5.91 Å². The molecule has 3 aromatic rings. The van der Waals surface area contributed by atoms with Gasteiger partial charge in [0.05, 0.1) is 0 Å². The van der Waals surface area contributed by atoms with Crippen LogP contribution in [0.3, 0.4) is 0 Å². The van der Waals surface area contributed by atoms with Crippen LogP contribution in [-0.2, 0) is 22.6 Å². The third kappa shape index (κ3) is 7.99. The van der Waals surface area contributed by atoms with Crippen LogP contribution in [0.1, 0.15) is 50.3 Å². The van der Waals surface area contributed by atoms with Crippen molar-refractivity contribution in [2.75, 3.05) is 6.61 Å². The largest absolute Gasteiger partial charge is 0.484 e. The van der Waals surface area contributed by atoms with Crippen LogP contribution >= 0.6 is 0 Å². The van der Waals surface area contributed by atoms with Crippen molar-refractivity contribution < 1.29 is 14.3 Å². The Bertz CT molecular complexity index is 1060. The van der Waals surface area contributed by atoms with Crippen LogP contribution in [-0.4, -0.2) is 35.4 Å². The first kappa shape index (κ1) is 26.0. The average Bonchev–Trinajstić information content (AvgIpc) is 2.85. The molecule has 2 amide bonds. The molecular weight excluding hydrogens is 436 g/mol. The van der Waals surface area contributed by atoms with Crippen molar-refractivity contribution in [3.05, 3.63) is 102 Å². The van der Waals surface area contributed by atoms with Gasteiger partial charge in [-0.1, -0.05) is 86.6 Å². The highest BCUT2D eigenvalue weighted by molar-refractivity contribution is 5.88. The predicted molar refractivity (Wildman–Crippen MR) is 140 cm³/mol. The summed E-state index contributed by atoms with van der Waals surface area (Å²) in [5.41, 5.74) is 3.16. The number of nitrogens with zero attached hydrogens (tertiary/aromatic N) is 1. The number of hydrogen-bond acceptors (Lipinski definition) is 3. The van der Waals surface area contributed by atoms with Crippen molar-refractivity contribution in [1.29, 1.82) is 0 Å². The molecule has 35 heavy (non-hydrogen) atoms. The number of rotatable bonds is 11. The first-order chi connectivity index (χ1) is 16.8. The van der Waals surface area contributed by atoms with Crippen molar-refractivity contribution in [2.45, 2.75) is 58.7 Å². The van der Waals surface area contributed by atoms with Gasteiger partial charge in [-0.2, -0.15) is 0 Å². The van der Waals surface area contributed by atoms with Crippen molar-refractivity contribution in [3.8, 4) is 5.75 Å². The van der Waals surface area contributed by atoms with Crippen LogP contribution in [0.4, 0.5) is 0 Å². The lowest BCUT2D eigenvalue weighted by Gasteiger charge is -2.32. The number of hydrogen-bond donors (Lipinski definition) is 1. The van der Waals surface area contributed by atoms with E-state index in [1.165, 1.54) is 5.56 Å². The monoisotopic (exact) mass is 472 g/mol. The van der Waals surface area contributed by atoms with Crippen LogP contribution in [0, 0.1) is 0 Å². The zero-order valence-corrected chi connectivity index (χ0v) is 21.1. The molecule has 0 radical (unpaired) electrons. The summed E-state index contributed by atoms with van der Waals surface area (Å²) in [5.74, 6) is 0.648. The van der Waals surface area contributed by atoms with E-state index in [1.54, 1.807) is 4.90 Å². The Morgan fingerprint density at radius 3 is 1.91 bits per heavy atom. The summed E-state index contributed by atoms with van der Waals surface area (Å²) in [5, 5.41) is 3.00. The molecule has 1 atom stereocenters. The highest BCUT2D eigenvalue weighted by atomic mass is 16.5. The average molecular weight is 473 g/mol. The van der Waals surface area contributed by atoms with Gasteiger partial charge in [-0.25, -0.2) is 0 Å². The molecule has 0 saturated heterocycles. The standard InChI is InChI=1S/C30H36N2O3/c1-22(2)26-15-17-27(18-16-26)35-21-29(33)32(20-25-13-9-6-10-14-25)28(30(34)31-23(3)4)19-24-11-7-5-8-12-24/h5-18,22-23,28H,19-21H2,1-4H3,(H,31,34)/t28-/m0/s1. The van der Waals surface area contributed by atoms with Crippen molar-refractivity contribution in [3.63, 3.8) is 0 Å². The quantitative estimate of drug-likeness (QED) is 0.409. The van der Waals surface area contributed by atoms with E-state index in [-0.39, 0.29) is 24.5 Å². The first-order valence-corrected chi connectivity index (χ1v) is 12.2. The van der Waals surface area contributed by atoms with Crippen LogP contribution < -0.4 is 10.1 Å². The fourth-order valence-corrected chi connectivity index (χ4v) is 3.89. The number of carbonyl (C=O) groups excluding carboxylic acids is 2. The molecule has 0 aromatic heterocycles. The van der Waals surface area contributed by atoms with E-state index in [1.807, 2.05) is 98.8 Å². The Morgan fingerprint density at radius 2 is 1.37 bits per heavy atom. The Hall–Kier alpha value is -3.60. The zero-order valence-electron chi connectivity index (χ0n) is 21.1. The van der Waals surface area contributed by atoms with Crippen molar-refractivity contribution in [1.82, 2.24) is 10.2 Å². The molecule has 3 aromatic carbocycles. The minimum atomic E-state index is -0.667. The van der Waals surface area contributed by atoms with Gasteiger partial charge in [0.1, 0.15) is 11.8 Å². The minimum Gasteiger partial charge on any atom is -0.484 e. The minimum absolute atomic E-state index is 0.0369. The topological polar surface area (TPSA) is 58.6 Å². The molecule has 1 N–H and O–H groups in total. The lowest BCUT2D eigenvalue weighted by atomic mass is 10.0. The van der Waals surface area contributed by atoms with Gasteiger partial charge in [-0.3, -0.25) is 9.59 Å². The highest BCUT2D eigenvalue weighted by Gasteiger charge is 2.31. The SMILES string of the molecule is CC(C)NC(=O)[C@H](Cc1ccccc1)N(Cc1ccccc1)C(=O)COc1ccc(C(C)C)cc1. The van der Waals surface area contributed by atoms with E-state index in [2.05, 4.69) is 19.2 Å². The Morgan fingerprint density at radius 1 is 0.800 bits per heavy atom. The second kappa shape index (κ2) is 12.7. The maximum absolute atomic E-state index is 13.5. The van der Waals surface area contributed by atoms with Crippen LogP contribution in [0.15, 0.2) is 84.9 Å². The summed E-state index contributed by atoms with van der Waals surface area (Å²) in [6.45, 7) is 8.29. The molecule has 0 unspecified atom stereocenters. The number of amides is 2. The third-order valence-electron chi connectivity index (χ3n) is 5.81. The molecule has 5 nitrogen and oxygen atoms in total. The molecule has 0 heterocycles. The molecule has 0 aliphatic heterocycles. The van der Waals surface area contributed by atoms with Crippen molar-refractivity contribution in [2.24, 2.45) is 0 Å². The maximum Gasteiger partial charge on any atom is 0.261 e. The van der Waals surface area contributed by atoms with Gasteiger partial charge in [0.15, 0.2) is 6.61 Å². The van der Waals surface area contributed by atoms with Gasteiger partial charge < -0.3 is 15.0 Å². The molecule has 0 bridgehead atoms. The van der Waals surface area contributed by atoms with Gasteiger partial charge in [0.25, 0.3) is 5.91 Å². The molecule has 3 rings (SSSR count). The first-order valence-electron chi connectivity index (χ1n) is 12.2. The summed E-state index contributed by atoms with van der Waals surface area (Å²) in [7, 11) is 0. The van der Waals surface area contributed by atoms with Crippen LogP contribution in [0.25, 0.3) is 0 Å². The molecular formula is C30H36N2O3. The normalized spacial score (nSPS) is 11.8. The molecule has 0 spiro atoms. The van der Waals surface area contributed by atoms with E-state index in [9.17, 15) is 9.59 Å². The second-order valence-electron chi connectivity index (χ2n) is 9.39. The number of nitrogens with one attached hydrogen (secondary N) is 1. The molecule has 0 fully saturated rings. The Labute approximate surface area is 209 Å². The Kier molecular flexibility index (Phi) is 9.47. The fourth-order valence-electron chi connectivity index (χ4n) is 3.89. The van der Waals surface area contributed by atoms with Crippen molar-refractivity contribution >= 4 is 11.8 Å². The lowest BCUT2D eigenvalue weighted by molar-refractivity contribution is -0.143. The molecule has 184 valence electrons. The predicted octanol–water partition coefficient (Wildman–Crippen LogP) is 5.35. The van der Waals surface area contributed by atoms with Crippen LogP contribution in [0.2, 0.25) is 0 Å². The molecule has 0 aliphatic rings. The van der Waals surface area contributed by atoms with Crippen LogP contribution in [0.5, 0.6) is 5.75 Å². The number of carbonyl (C=O) groups is 2. The second-order valence-corrected chi connectivity index (χ2v) is 9.39. The summed E-state index contributed by atoms with van der Waals surface area (Å²) < 4.78 is 5.86. The van der Waals surface area contributed by atoms with E-state index < -0.39 is 6.04 Å². The number of benzene rings is 3. The van der Waals surface area contributed by atoms with E-state index in [0.717, 1.165) is 11.1 Å². The third-order valence-corrected chi connectivity index (χ3v) is 5.81. The summed E-state index contributed by atoms with van der Waals surface area (Å²) >= 11 is 0. The summed E-state index contributed by atoms with van der Waals surface area (Å²) in [6.07, 6.45) is 0.418. The molecule has 5 heteroatoms. The fraction of sp³-hybridized carbons (Fsp3) is 0.333. The summed E-state index contributed by atoms with van der Waals surface area (Å²) in [4.78, 5) is 28.5. The van der Waals surface area contributed by atoms with Gasteiger partial charge in [-0.05, 0) is 48.6 Å². The molecule has 0 saturated carbocycles. The van der Waals surface area contributed by atoms with E-state index in [4.69, 9.17) is 4.74 Å². The Balaban J connectivity index is 1.85. The molecule has 0 aliphatic carbocycles. The van der Waals surface area contributed by atoms with Gasteiger partial charge >= 0.3 is 0 Å². The maximum atomic E-state index is 13.5. The van der Waals surface area contributed by atoms with Gasteiger partial charge in [0, 0.05) is 19.0 Å². The smallest absolute Gasteiger partial charge is 0.261 e. The zero-order chi connectivity index (χ0) is 25.2. The number of ether oxygens (including phenoxy) is 1.